The molecule has 2 N–H and O–H groups in total. The van der Waals surface area contributed by atoms with Gasteiger partial charge in [-0.3, -0.25) is 9.59 Å². The van der Waals surface area contributed by atoms with Gasteiger partial charge in [0.2, 0.25) is 11.8 Å². The highest BCUT2D eigenvalue weighted by Crippen LogP contribution is 2.27. The monoisotopic (exact) mass is 325 g/mol. The Kier molecular flexibility index (Phi) is 7.18. The first-order valence-electron chi connectivity index (χ1n) is 7.35. The van der Waals surface area contributed by atoms with Gasteiger partial charge in [-0.1, -0.05) is 11.6 Å². The van der Waals surface area contributed by atoms with E-state index in [4.69, 9.17) is 11.6 Å². The molecule has 1 aromatic rings. The Balaban J connectivity index is 2.52. The van der Waals surface area contributed by atoms with Crippen molar-refractivity contribution in [2.24, 2.45) is 0 Å². The van der Waals surface area contributed by atoms with E-state index in [0.29, 0.717) is 30.0 Å². The zero-order chi connectivity index (χ0) is 16.7. The maximum atomic E-state index is 12.0. The van der Waals surface area contributed by atoms with Crippen LogP contribution in [0.3, 0.4) is 0 Å². The van der Waals surface area contributed by atoms with E-state index in [1.807, 2.05) is 38.9 Å². The molecule has 0 saturated heterocycles. The standard InChI is InChI=1S/C16H24ClN3O2/c1-11(2)18-15(21)6-5-7-16(22)19-13-10-12(17)8-9-14(13)20(3)4/h8-11H,5-7H2,1-4H3,(H,18,21)(H,19,22). The summed E-state index contributed by atoms with van der Waals surface area (Å²) >= 11 is 5.98. The summed E-state index contributed by atoms with van der Waals surface area (Å²) < 4.78 is 0. The van der Waals surface area contributed by atoms with Gasteiger partial charge in [-0.2, -0.15) is 0 Å². The van der Waals surface area contributed by atoms with Gasteiger partial charge in [-0.15, -0.1) is 0 Å². The van der Waals surface area contributed by atoms with Gasteiger partial charge in [-0.25, -0.2) is 0 Å². The molecule has 6 heteroatoms. The Labute approximate surface area is 137 Å². The number of carbonyl (C=O) groups is 2. The molecule has 0 bridgehead atoms. The minimum atomic E-state index is -0.122. The van der Waals surface area contributed by atoms with Crippen molar-refractivity contribution in [3.63, 3.8) is 0 Å². The number of nitrogens with zero attached hydrogens (tertiary/aromatic N) is 1. The fourth-order valence-corrected chi connectivity index (χ4v) is 2.19. The van der Waals surface area contributed by atoms with Gasteiger partial charge in [0, 0.05) is 38.0 Å². The number of hydrogen-bond donors (Lipinski definition) is 2. The average molecular weight is 326 g/mol. The molecule has 0 aromatic heterocycles. The van der Waals surface area contributed by atoms with Crippen LogP contribution in [0.2, 0.25) is 5.02 Å². The van der Waals surface area contributed by atoms with E-state index in [1.165, 1.54) is 0 Å². The first-order valence-corrected chi connectivity index (χ1v) is 7.73. The maximum Gasteiger partial charge on any atom is 0.224 e. The third kappa shape index (κ3) is 6.35. The van der Waals surface area contributed by atoms with Crippen LogP contribution in [-0.2, 0) is 9.59 Å². The molecule has 0 aliphatic rings. The second-order valence-corrected chi connectivity index (χ2v) is 6.12. The molecule has 0 spiro atoms. The Bertz CT molecular complexity index is 530. The largest absolute Gasteiger partial charge is 0.376 e. The lowest BCUT2D eigenvalue weighted by Crippen LogP contribution is -2.30. The lowest BCUT2D eigenvalue weighted by atomic mass is 10.2. The third-order valence-electron chi connectivity index (χ3n) is 2.97. The summed E-state index contributed by atoms with van der Waals surface area (Å²) in [6, 6.07) is 5.48. The highest BCUT2D eigenvalue weighted by atomic mass is 35.5. The van der Waals surface area contributed by atoms with Crippen molar-refractivity contribution in [3.8, 4) is 0 Å². The van der Waals surface area contributed by atoms with Crippen LogP contribution in [0.15, 0.2) is 18.2 Å². The Morgan fingerprint density at radius 3 is 2.41 bits per heavy atom. The first-order chi connectivity index (χ1) is 10.3. The van der Waals surface area contributed by atoms with Crippen molar-refractivity contribution in [2.75, 3.05) is 24.3 Å². The third-order valence-corrected chi connectivity index (χ3v) is 3.21. The highest BCUT2D eigenvalue weighted by molar-refractivity contribution is 6.31. The molecule has 5 nitrogen and oxygen atoms in total. The fraction of sp³-hybridized carbons (Fsp3) is 0.500. The summed E-state index contributed by atoms with van der Waals surface area (Å²) in [4.78, 5) is 25.4. The van der Waals surface area contributed by atoms with Gasteiger partial charge in [0.05, 0.1) is 11.4 Å². The van der Waals surface area contributed by atoms with Crippen LogP contribution in [-0.4, -0.2) is 32.0 Å². The molecule has 0 heterocycles. The zero-order valence-electron chi connectivity index (χ0n) is 13.6. The van der Waals surface area contributed by atoms with E-state index in [1.54, 1.807) is 12.1 Å². The number of rotatable bonds is 7. The molecule has 22 heavy (non-hydrogen) atoms. The summed E-state index contributed by atoms with van der Waals surface area (Å²) in [5.74, 6) is -0.151. The molecule has 122 valence electrons. The Morgan fingerprint density at radius 2 is 1.82 bits per heavy atom. The van der Waals surface area contributed by atoms with Crippen molar-refractivity contribution in [3.05, 3.63) is 23.2 Å². The molecule has 1 aromatic carbocycles. The van der Waals surface area contributed by atoms with Gasteiger partial charge in [0.15, 0.2) is 0 Å². The number of carbonyl (C=O) groups excluding carboxylic acids is 2. The Morgan fingerprint density at radius 1 is 1.18 bits per heavy atom. The van der Waals surface area contributed by atoms with Crippen molar-refractivity contribution < 1.29 is 9.59 Å². The topological polar surface area (TPSA) is 61.4 Å². The second kappa shape index (κ2) is 8.63. The van der Waals surface area contributed by atoms with Gasteiger partial charge < -0.3 is 15.5 Å². The minimum Gasteiger partial charge on any atom is -0.376 e. The van der Waals surface area contributed by atoms with Crippen LogP contribution < -0.4 is 15.5 Å². The molecule has 0 aliphatic carbocycles. The number of benzene rings is 1. The maximum absolute atomic E-state index is 12.0. The summed E-state index contributed by atoms with van der Waals surface area (Å²) in [5.41, 5.74) is 1.56. The predicted octanol–water partition coefficient (Wildman–Crippen LogP) is 3.04. The molecule has 0 fully saturated rings. The van der Waals surface area contributed by atoms with Crippen molar-refractivity contribution in [2.45, 2.75) is 39.2 Å². The average Bonchev–Trinajstić information content (AvgIpc) is 2.37. The number of halogens is 1. The van der Waals surface area contributed by atoms with Gasteiger partial charge in [0.1, 0.15) is 0 Å². The quantitative estimate of drug-likeness (QED) is 0.810. The lowest BCUT2D eigenvalue weighted by molar-refractivity contribution is -0.121. The van der Waals surface area contributed by atoms with Crippen LogP contribution in [0.5, 0.6) is 0 Å². The van der Waals surface area contributed by atoms with Gasteiger partial charge in [0.25, 0.3) is 0 Å². The lowest BCUT2D eigenvalue weighted by Gasteiger charge is -2.18. The normalized spacial score (nSPS) is 10.5. The van der Waals surface area contributed by atoms with Crippen LogP contribution in [0.1, 0.15) is 33.1 Å². The van der Waals surface area contributed by atoms with E-state index in [2.05, 4.69) is 10.6 Å². The first kappa shape index (κ1) is 18.3. The summed E-state index contributed by atoms with van der Waals surface area (Å²) in [5, 5.41) is 6.22. The van der Waals surface area contributed by atoms with Crippen molar-refractivity contribution in [1.82, 2.24) is 5.32 Å². The molecular weight excluding hydrogens is 302 g/mol. The fourth-order valence-electron chi connectivity index (χ4n) is 2.01. The minimum absolute atomic E-state index is 0.0282. The second-order valence-electron chi connectivity index (χ2n) is 5.68. The smallest absolute Gasteiger partial charge is 0.224 e. The number of nitrogens with one attached hydrogen (secondary N) is 2. The summed E-state index contributed by atoms with van der Waals surface area (Å²) in [6.07, 6.45) is 1.16. The van der Waals surface area contributed by atoms with E-state index in [-0.39, 0.29) is 17.9 Å². The van der Waals surface area contributed by atoms with Crippen molar-refractivity contribution >= 4 is 34.8 Å². The molecule has 0 unspecified atom stereocenters. The molecule has 0 saturated carbocycles. The predicted molar refractivity (Wildman–Crippen MR) is 91.5 cm³/mol. The van der Waals surface area contributed by atoms with Crippen molar-refractivity contribution in [1.29, 1.82) is 0 Å². The molecule has 2 amide bonds. The summed E-state index contributed by atoms with van der Waals surface area (Å²) in [7, 11) is 3.80. The van der Waals surface area contributed by atoms with E-state index in [0.717, 1.165) is 5.69 Å². The molecular formula is C16H24ClN3O2. The van der Waals surface area contributed by atoms with Gasteiger partial charge in [-0.05, 0) is 38.5 Å². The van der Waals surface area contributed by atoms with Gasteiger partial charge >= 0.3 is 0 Å². The molecule has 1 rings (SSSR count). The molecule has 0 atom stereocenters. The summed E-state index contributed by atoms with van der Waals surface area (Å²) in [6.45, 7) is 3.82. The number of anilines is 2. The van der Waals surface area contributed by atoms with E-state index < -0.39 is 0 Å². The Hall–Kier alpha value is -1.75. The van der Waals surface area contributed by atoms with E-state index >= 15 is 0 Å². The SMILES string of the molecule is CC(C)NC(=O)CCCC(=O)Nc1cc(Cl)ccc1N(C)C. The molecule has 0 radical (unpaired) electrons. The molecule has 0 aliphatic heterocycles. The zero-order valence-corrected chi connectivity index (χ0v) is 14.3. The highest BCUT2D eigenvalue weighted by Gasteiger charge is 2.10. The number of amides is 2. The van der Waals surface area contributed by atoms with Crippen LogP contribution in [0, 0.1) is 0 Å². The van der Waals surface area contributed by atoms with Crippen LogP contribution >= 0.6 is 11.6 Å². The van der Waals surface area contributed by atoms with Crippen LogP contribution in [0.4, 0.5) is 11.4 Å². The van der Waals surface area contributed by atoms with E-state index in [9.17, 15) is 9.59 Å². The number of hydrogen-bond acceptors (Lipinski definition) is 3. The van der Waals surface area contributed by atoms with Crippen LogP contribution in [0.25, 0.3) is 0 Å².